The molecule has 1 aromatic carbocycles. The normalized spacial score (nSPS) is 17.6. The van der Waals surface area contributed by atoms with Crippen LogP contribution in [0.4, 0.5) is 0 Å². The predicted molar refractivity (Wildman–Crippen MR) is 68.7 cm³/mol. The van der Waals surface area contributed by atoms with Crippen LogP contribution in [0.5, 0.6) is 5.75 Å². The molecule has 0 saturated carbocycles. The molecule has 0 fully saturated rings. The van der Waals surface area contributed by atoms with Crippen molar-refractivity contribution in [3.63, 3.8) is 0 Å². The quantitative estimate of drug-likeness (QED) is 0.783. The second-order valence-electron chi connectivity index (χ2n) is 4.24. The van der Waals surface area contributed by atoms with Gasteiger partial charge in [-0.2, -0.15) is 0 Å². The van der Waals surface area contributed by atoms with Crippen molar-refractivity contribution in [2.75, 3.05) is 0 Å². The number of ether oxygens (including phenoxy) is 1. The molecule has 3 nitrogen and oxygen atoms in total. The van der Waals surface area contributed by atoms with Gasteiger partial charge in [-0.1, -0.05) is 0 Å². The van der Waals surface area contributed by atoms with Gasteiger partial charge in [0.25, 0.3) is 0 Å². The molecule has 1 atom stereocenters. The van der Waals surface area contributed by atoms with Crippen LogP contribution in [0.15, 0.2) is 30.5 Å². The van der Waals surface area contributed by atoms with Crippen LogP contribution >= 0.6 is 12.2 Å². The molecule has 0 amide bonds. The maximum absolute atomic E-state index is 5.68. The molecule has 0 bridgehead atoms. The molecular weight excluding hydrogens is 232 g/mol. The summed E-state index contributed by atoms with van der Waals surface area (Å²) in [5, 5.41) is 0. The number of nitrogens with one attached hydrogen (secondary N) is 1. The summed E-state index contributed by atoms with van der Waals surface area (Å²) in [6, 6.07) is 8.14. The third-order valence-corrected chi connectivity index (χ3v) is 3.09. The Morgan fingerprint density at radius 2 is 2.29 bits per heavy atom. The maximum Gasteiger partial charge on any atom is 0.197 e. The SMILES string of the molecule is C[C@@H]1Cc2cc(-c3ccnc(=S)[nH]3)ccc2O1. The Morgan fingerprint density at radius 3 is 3.12 bits per heavy atom. The van der Waals surface area contributed by atoms with Crippen molar-refractivity contribution in [2.24, 2.45) is 0 Å². The maximum atomic E-state index is 5.68. The highest BCUT2D eigenvalue weighted by Gasteiger charge is 2.19. The van der Waals surface area contributed by atoms with Gasteiger partial charge in [-0.25, -0.2) is 4.98 Å². The molecule has 2 heterocycles. The topological polar surface area (TPSA) is 37.9 Å². The van der Waals surface area contributed by atoms with Gasteiger partial charge in [-0.3, -0.25) is 0 Å². The molecule has 0 saturated heterocycles. The van der Waals surface area contributed by atoms with Gasteiger partial charge < -0.3 is 9.72 Å². The zero-order valence-corrected chi connectivity index (χ0v) is 10.3. The second kappa shape index (κ2) is 3.96. The molecule has 4 heteroatoms. The van der Waals surface area contributed by atoms with Crippen molar-refractivity contribution in [3.05, 3.63) is 40.8 Å². The van der Waals surface area contributed by atoms with Crippen molar-refractivity contribution < 1.29 is 4.74 Å². The summed E-state index contributed by atoms with van der Waals surface area (Å²) in [4.78, 5) is 7.07. The molecule has 1 aromatic heterocycles. The summed E-state index contributed by atoms with van der Waals surface area (Å²) in [7, 11) is 0. The van der Waals surface area contributed by atoms with Crippen LogP contribution in [0.1, 0.15) is 12.5 Å². The summed E-state index contributed by atoms with van der Waals surface area (Å²) in [6.45, 7) is 2.08. The van der Waals surface area contributed by atoms with E-state index in [4.69, 9.17) is 17.0 Å². The van der Waals surface area contributed by atoms with Gasteiger partial charge in [0.15, 0.2) is 4.77 Å². The fraction of sp³-hybridized carbons (Fsp3) is 0.231. The number of nitrogens with zero attached hydrogens (tertiary/aromatic N) is 1. The van der Waals surface area contributed by atoms with Gasteiger partial charge in [0.2, 0.25) is 0 Å². The Kier molecular flexibility index (Phi) is 2.44. The number of aromatic nitrogens is 2. The monoisotopic (exact) mass is 244 g/mol. The van der Waals surface area contributed by atoms with E-state index < -0.39 is 0 Å². The number of rotatable bonds is 1. The molecule has 3 rings (SSSR count). The first-order valence-electron chi connectivity index (χ1n) is 5.57. The van der Waals surface area contributed by atoms with E-state index in [2.05, 4.69) is 23.0 Å². The third-order valence-electron chi connectivity index (χ3n) is 2.88. The minimum Gasteiger partial charge on any atom is -0.490 e. The summed E-state index contributed by atoms with van der Waals surface area (Å²) in [6.07, 6.45) is 2.96. The predicted octanol–water partition coefficient (Wildman–Crippen LogP) is 3.13. The number of benzene rings is 1. The smallest absolute Gasteiger partial charge is 0.197 e. The van der Waals surface area contributed by atoms with Gasteiger partial charge in [-0.15, -0.1) is 0 Å². The van der Waals surface area contributed by atoms with Crippen LogP contribution in [0.25, 0.3) is 11.3 Å². The lowest BCUT2D eigenvalue weighted by Crippen LogP contribution is -2.05. The van der Waals surface area contributed by atoms with Crippen LogP contribution in [0, 0.1) is 4.77 Å². The molecule has 17 heavy (non-hydrogen) atoms. The molecule has 0 unspecified atom stereocenters. The van der Waals surface area contributed by atoms with Crippen molar-refractivity contribution in [1.29, 1.82) is 0 Å². The number of H-pyrrole nitrogens is 1. The van der Waals surface area contributed by atoms with Gasteiger partial charge >= 0.3 is 0 Å². The highest BCUT2D eigenvalue weighted by Crippen LogP contribution is 2.32. The Hall–Kier alpha value is -1.68. The fourth-order valence-electron chi connectivity index (χ4n) is 2.13. The molecule has 0 aliphatic carbocycles. The molecule has 0 radical (unpaired) electrons. The van der Waals surface area contributed by atoms with E-state index in [1.165, 1.54) is 5.56 Å². The minimum absolute atomic E-state index is 0.274. The lowest BCUT2D eigenvalue weighted by molar-refractivity contribution is 0.254. The third kappa shape index (κ3) is 1.96. The standard InChI is InChI=1S/C13H12N2OS/c1-8-6-10-7-9(2-3-12(10)16-8)11-4-5-14-13(17)15-11/h2-5,7-8H,6H2,1H3,(H,14,15,17)/t8-/m1/s1. The lowest BCUT2D eigenvalue weighted by Gasteiger charge is -2.04. The van der Waals surface area contributed by atoms with Crippen molar-refractivity contribution in [2.45, 2.75) is 19.4 Å². The van der Waals surface area contributed by atoms with E-state index in [0.717, 1.165) is 23.4 Å². The summed E-state index contributed by atoms with van der Waals surface area (Å²) >= 11 is 5.03. The van der Waals surface area contributed by atoms with Crippen LogP contribution < -0.4 is 4.74 Å². The van der Waals surface area contributed by atoms with E-state index in [-0.39, 0.29) is 6.10 Å². The molecular formula is C13H12N2OS. The Bertz CT molecular complexity index is 621. The van der Waals surface area contributed by atoms with E-state index in [0.29, 0.717) is 4.77 Å². The number of hydrogen-bond acceptors (Lipinski definition) is 3. The van der Waals surface area contributed by atoms with Gasteiger partial charge in [0, 0.05) is 18.3 Å². The summed E-state index contributed by atoms with van der Waals surface area (Å²) in [5.74, 6) is 0.994. The van der Waals surface area contributed by atoms with E-state index in [1.807, 2.05) is 18.2 Å². The lowest BCUT2D eigenvalue weighted by atomic mass is 10.0. The zero-order chi connectivity index (χ0) is 11.8. The Morgan fingerprint density at radius 1 is 1.41 bits per heavy atom. The van der Waals surface area contributed by atoms with Gasteiger partial charge in [0.1, 0.15) is 11.9 Å². The molecule has 86 valence electrons. The van der Waals surface area contributed by atoms with Gasteiger partial charge in [0.05, 0.1) is 0 Å². The number of aromatic amines is 1. The average Bonchev–Trinajstić information content (AvgIpc) is 2.68. The summed E-state index contributed by atoms with van der Waals surface area (Å²) < 4.78 is 6.19. The van der Waals surface area contributed by atoms with Crippen LogP contribution in [-0.2, 0) is 6.42 Å². The fourth-order valence-corrected chi connectivity index (χ4v) is 2.30. The first-order chi connectivity index (χ1) is 8.22. The molecule has 1 aliphatic rings. The van der Waals surface area contributed by atoms with Crippen LogP contribution in [0.3, 0.4) is 0 Å². The zero-order valence-electron chi connectivity index (χ0n) is 9.43. The molecule has 2 aromatic rings. The highest BCUT2D eigenvalue weighted by atomic mass is 32.1. The first-order valence-corrected chi connectivity index (χ1v) is 5.98. The van der Waals surface area contributed by atoms with Crippen LogP contribution in [0.2, 0.25) is 0 Å². The van der Waals surface area contributed by atoms with Crippen LogP contribution in [-0.4, -0.2) is 16.1 Å². The van der Waals surface area contributed by atoms with E-state index in [9.17, 15) is 0 Å². The van der Waals surface area contributed by atoms with Crippen molar-refractivity contribution in [1.82, 2.24) is 9.97 Å². The minimum atomic E-state index is 0.274. The molecule has 0 spiro atoms. The highest BCUT2D eigenvalue weighted by molar-refractivity contribution is 7.71. The second-order valence-corrected chi connectivity index (χ2v) is 4.63. The Balaban J connectivity index is 2.06. The first kappa shape index (κ1) is 10.5. The van der Waals surface area contributed by atoms with E-state index >= 15 is 0 Å². The van der Waals surface area contributed by atoms with Gasteiger partial charge in [-0.05, 0) is 54.5 Å². The van der Waals surface area contributed by atoms with Crippen molar-refractivity contribution >= 4 is 12.2 Å². The number of fused-ring (bicyclic) bond motifs is 1. The molecule has 1 aliphatic heterocycles. The van der Waals surface area contributed by atoms with E-state index in [1.54, 1.807) is 6.20 Å². The average molecular weight is 244 g/mol. The molecule has 1 N–H and O–H groups in total. The number of hydrogen-bond donors (Lipinski definition) is 1. The largest absolute Gasteiger partial charge is 0.490 e. The summed E-state index contributed by atoms with van der Waals surface area (Å²) in [5.41, 5.74) is 3.37. The van der Waals surface area contributed by atoms with Crippen molar-refractivity contribution in [3.8, 4) is 17.0 Å². The Labute approximate surface area is 104 Å².